The number of aromatic nitrogens is 4. The van der Waals surface area contributed by atoms with Gasteiger partial charge in [-0.25, -0.2) is 14.6 Å². The molecule has 2 aromatic heterocycles. The van der Waals surface area contributed by atoms with Crippen LogP contribution in [0.4, 0.5) is 5.82 Å². The summed E-state index contributed by atoms with van der Waals surface area (Å²) >= 11 is 0. The number of aryl methyl sites for hydroxylation is 1. The molecule has 0 aliphatic heterocycles. The molecule has 1 amide bonds. The number of rotatable bonds is 4. The van der Waals surface area contributed by atoms with Crippen LogP contribution >= 0.6 is 0 Å². The monoisotopic (exact) mass is 260 g/mol. The van der Waals surface area contributed by atoms with E-state index in [1.54, 1.807) is 0 Å². The molecule has 0 unspecified atom stereocenters. The Morgan fingerprint density at radius 3 is 2.74 bits per heavy atom. The highest BCUT2D eigenvalue weighted by Crippen LogP contribution is 2.17. The third-order valence-electron chi connectivity index (χ3n) is 2.76. The fourth-order valence-corrected chi connectivity index (χ4v) is 1.69. The van der Waals surface area contributed by atoms with E-state index in [-0.39, 0.29) is 0 Å². The number of nitrogens with zero attached hydrogens (tertiary/aromatic N) is 4. The van der Waals surface area contributed by atoms with Gasteiger partial charge in [0.1, 0.15) is 11.6 Å². The number of carbonyl (C=O) groups is 1. The van der Waals surface area contributed by atoms with Crippen LogP contribution in [0.3, 0.4) is 0 Å². The Bertz CT molecular complexity index is 619. The van der Waals surface area contributed by atoms with E-state index in [1.165, 1.54) is 17.1 Å². The van der Waals surface area contributed by atoms with Gasteiger partial charge in [0.2, 0.25) is 0 Å². The summed E-state index contributed by atoms with van der Waals surface area (Å²) in [6.45, 7) is 3.85. The first kappa shape index (κ1) is 13.0. The van der Waals surface area contributed by atoms with E-state index in [1.807, 2.05) is 13.8 Å². The summed E-state index contributed by atoms with van der Waals surface area (Å²) in [5.74, 6) is 1.13. The molecule has 7 heteroatoms. The highest BCUT2D eigenvalue weighted by atomic mass is 16.1. The van der Waals surface area contributed by atoms with Gasteiger partial charge in [0.15, 0.2) is 5.82 Å². The van der Waals surface area contributed by atoms with Crippen LogP contribution < -0.4 is 11.5 Å². The second kappa shape index (κ2) is 5.05. The average Bonchev–Trinajstić information content (AvgIpc) is 2.83. The third kappa shape index (κ3) is 2.54. The zero-order valence-electron chi connectivity index (χ0n) is 10.9. The molecular formula is C12H16N6O. The first-order valence-electron chi connectivity index (χ1n) is 6.00. The maximum absolute atomic E-state index is 11.1. The van der Waals surface area contributed by atoms with Gasteiger partial charge in [-0.15, -0.1) is 0 Å². The molecule has 0 fully saturated rings. The molecule has 0 saturated carbocycles. The lowest BCUT2D eigenvalue weighted by Crippen LogP contribution is -2.11. The highest BCUT2D eigenvalue weighted by Gasteiger charge is 2.12. The number of nitrogens with two attached hydrogens (primary N) is 2. The first-order chi connectivity index (χ1) is 9.02. The van der Waals surface area contributed by atoms with Crippen LogP contribution in [-0.2, 0) is 6.42 Å². The maximum Gasteiger partial charge on any atom is 0.251 e. The molecule has 0 atom stereocenters. The summed E-state index contributed by atoms with van der Waals surface area (Å²) < 4.78 is 1.49. The SMILES string of the molecule is CCCc1nc(N)c(C)c(-n2cc(C(N)=O)cn2)n1. The molecule has 0 radical (unpaired) electrons. The molecule has 0 aromatic carbocycles. The van der Waals surface area contributed by atoms with Crippen LogP contribution in [-0.4, -0.2) is 25.7 Å². The van der Waals surface area contributed by atoms with Crippen molar-refractivity contribution >= 4 is 11.7 Å². The summed E-state index contributed by atoms with van der Waals surface area (Å²) in [7, 11) is 0. The first-order valence-corrected chi connectivity index (χ1v) is 6.00. The van der Waals surface area contributed by atoms with Crippen molar-refractivity contribution < 1.29 is 4.79 Å². The summed E-state index contributed by atoms with van der Waals surface area (Å²) in [6, 6.07) is 0. The minimum absolute atomic E-state index is 0.327. The van der Waals surface area contributed by atoms with Crippen LogP contribution in [0.1, 0.15) is 35.1 Å². The number of amides is 1. The lowest BCUT2D eigenvalue weighted by Gasteiger charge is -2.09. The van der Waals surface area contributed by atoms with Crippen LogP contribution in [0.2, 0.25) is 0 Å². The summed E-state index contributed by atoms with van der Waals surface area (Å²) in [5.41, 5.74) is 12.1. The largest absolute Gasteiger partial charge is 0.383 e. The van der Waals surface area contributed by atoms with Gasteiger partial charge >= 0.3 is 0 Å². The molecule has 0 aliphatic carbocycles. The molecule has 2 aromatic rings. The van der Waals surface area contributed by atoms with E-state index in [4.69, 9.17) is 11.5 Å². The Hall–Kier alpha value is -2.44. The third-order valence-corrected chi connectivity index (χ3v) is 2.76. The number of anilines is 1. The van der Waals surface area contributed by atoms with Crippen molar-refractivity contribution in [3.8, 4) is 5.82 Å². The standard InChI is InChI=1S/C12H16N6O/c1-3-4-9-16-10(13)7(2)12(17-9)18-6-8(5-15-18)11(14)19/h5-6H,3-4H2,1-2H3,(H2,14,19)(H2,13,16,17). The predicted molar refractivity (Wildman–Crippen MR) is 70.8 cm³/mol. The molecule has 0 bridgehead atoms. The van der Waals surface area contributed by atoms with E-state index < -0.39 is 5.91 Å². The number of hydrogen-bond acceptors (Lipinski definition) is 5. The van der Waals surface area contributed by atoms with Crippen molar-refractivity contribution in [1.29, 1.82) is 0 Å². The smallest absolute Gasteiger partial charge is 0.251 e. The van der Waals surface area contributed by atoms with Crippen molar-refractivity contribution in [2.75, 3.05) is 5.73 Å². The minimum atomic E-state index is -0.528. The van der Waals surface area contributed by atoms with Gasteiger partial charge in [-0.1, -0.05) is 6.92 Å². The summed E-state index contributed by atoms with van der Waals surface area (Å²) in [5, 5.41) is 4.08. The number of carbonyl (C=O) groups excluding carboxylic acids is 1. The fraction of sp³-hybridized carbons (Fsp3) is 0.333. The van der Waals surface area contributed by atoms with Crippen LogP contribution in [0.15, 0.2) is 12.4 Å². The fourth-order valence-electron chi connectivity index (χ4n) is 1.69. The van der Waals surface area contributed by atoms with E-state index in [2.05, 4.69) is 15.1 Å². The second-order valence-corrected chi connectivity index (χ2v) is 4.26. The van der Waals surface area contributed by atoms with Crippen molar-refractivity contribution in [2.45, 2.75) is 26.7 Å². The van der Waals surface area contributed by atoms with Crippen molar-refractivity contribution in [3.05, 3.63) is 29.3 Å². The van der Waals surface area contributed by atoms with Crippen molar-refractivity contribution in [3.63, 3.8) is 0 Å². The van der Waals surface area contributed by atoms with E-state index in [0.717, 1.165) is 18.4 Å². The Morgan fingerprint density at radius 1 is 1.42 bits per heavy atom. The Kier molecular flexibility index (Phi) is 3.46. The average molecular weight is 260 g/mol. The zero-order valence-corrected chi connectivity index (χ0v) is 10.9. The van der Waals surface area contributed by atoms with Gasteiger partial charge in [0.25, 0.3) is 5.91 Å². The molecule has 0 aliphatic rings. The molecule has 0 saturated heterocycles. The van der Waals surface area contributed by atoms with E-state index in [0.29, 0.717) is 23.0 Å². The molecular weight excluding hydrogens is 244 g/mol. The molecule has 2 heterocycles. The molecule has 19 heavy (non-hydrogen) atoms. The quantitative estimate of drug-likeness (QED) is 0.836. The van der Waals surface area contributed by atoms with Gasteiger partial charge in [0.05, 0.1) is 11.8 Å². The van der Waals surface area contributed by atoms with Gasteiger partial charge in [-0.3, -0.25) is 4.79 Å². The normalized spacial score (nSPS) is 10.6. The molecule has 100 valence electrons. The van der Waals surface area contributed by atoms with Crippen molar-refractivity contribution in [2.24, 2.45) is 5.73 Å². The topological polar surface area (TPSA) is 113 Å². The molecule has 4 N–H and O–H groups in total. The van der Waals surface area contributed by atoms with Crippen LogP contribution in [0, 0.1) is 6.92 Å². The van der Waals surface area contributed by atoms with Crippen LogP contribution in [0.5, 0.6) is 0 Å². The Morgan fingerprint density at radius 2 is 2.16 bits per heavy atom. The number of nitrogen functional groups attached to an aromatic ring is 1. The molecule has 2 rings (SSSR count). The summed E-state index contributed by atoms with van der Waals surface area (Å²) in [6.07, 6.45) is 4.60. The van der Waals surface area contributed by atoms with E-state index in [9.17, 15) is 4.79 Å². The summed E-state index contributed by atoms with van der Waals surface area (Å²) in [4.78, 5) is 19.7. The lowest BCUT2D eigenvalue weighted by atomic mass is 10.2. The van der Waals surface area contributed by atoms with Gasteiger partial charge < -0.3 is 11.5 Å². The predicted octanol–water partition coefficient (Wildman–Crippen LogP) is 0.604. The highest BCUT2D eigenvalue weighted by molar-refractivity contribution is 5.92. The van der Waals surface area contributed by atoms with Gasteiger partial charge in [-0.05, 0) is 13.3 Å². The lowest BCUT2D eigenvalue weighted by molar-refractivity contribution is 0.100. The Balaban J connectivity index is 2.50. The van der Waals surface area contributed by atoms with Crippen LogP contribution in [0.25, 0.3) is 5.82 Å². The molecule has 7 nitrogen and oxygen atoms in total. The second-order valence-electron chi connectivity index (χ2n) is 4.26. The van der Waals surface area contributed by atoms with Gasteiger partial charge in [0, 0.05) is 18.2 Å². The number of primary amides is 1. The number of hydrogen-bond donors (Lipinski definition) is 2. The van der Waals surface area contributed by atoms with Crippen molar-refractivity contribution in [1.82, 2.24) is 19.7 Å². The van der Waals surface area contributed by atoms with Gasteiger partial charge in [-0.2, -0.15) is 5.10 Å². The zero-order chi connectivity index (χ0) is 14.0. The Labute approximate surface area is 110 Å². The molecule has 0 spiro atoms. The van der Waals surface area contributed by atoms with E-state index >= 15 is 0 Å². The minimum Gasteiger partial charge on any atom is -0.383 e. The maximum atomic E-state index is 11.1.